The molecule has 0 saturated carbocycles. The van der Waals surface area contributed by atoms with Gasteiger partial charge in [0.25, 0.3) is 0 Å². The second-order valence-electron chi connectivity index (χ2n) is 4.17. The molecule has 2 aromatic carbocycles. The number of hydrogen-bond donors (Lipinski definition) is 0. The molecule has 0 aliphatic heterocycles. The Morgan fingerprint density at radius 3 is 2.21 bits per heavy atom. The quantitative estimate of drug-likeness (QED) is 0.579. The lowest BCUT2D eigenvalue weighted by molar-refractivity contribution is 1.29. The molecule has 14 heavy (non-hydrogen) atoms. The molecule has 0 saturated heterocycles. The Hall–Kier alpha value is -1.30. The molecule has 0 N–H and O–H groups in total. The third kappa shape index (κ3) is 1.31. The summed E-state index contributed by atoms with van der Waals surface area (Å²) in [6.45, 7) is 8.74. The first-order chi connectivity index (χ1) is 6.59. The first-order valence-corrected chi connectivity index (χ1v) is 5.07. The number of hydrogen-bond acceptors (Lipinski definition) is 0. The van der Waals surface area contributed by atoms with Crippen LogP contribution in [-0.2, 0) is 0 Å². The van der Waals surface area contributed by atoms with E-state index in [1.807, 2.05) is 0 Å². The van der Waals surface area contributed by atoms with Gasteiger partial charge in [0.05, 0.1) is 0 Å². The van der Waals surface area contributed by atoms with Crippen LogP contribution in [0.25, 0.3) is 10.8 Å². The zero-order valence-electron chi connectivity index (χ0n) is 9.31. The van der Waals surface area contributed by atoms with Crippen LogP contribution in [0.4, 0.5) is 0 Å². The third-order valence-electron chi connectivity index (χ3n) is 3.14. The maximum absolute atomic E-state index is 2.27. The number of aryl methyl sites for hydroxylation is 3. The Bertz CT molecular complexity index is 493. The van der Waals surface area contributed by atoms with E-state index in [4.69, 9.17) is 0 Å². The lowest BCUT2D eigenvalue weighted by Crippen LogP contribution is -1.89. The molecule has 0 bridgehead atoms. The summed E-state index contributed by atoms with van der Waals surface area (Å²) in [6.07, 6.45) is 0. The van der Waals surface area contributed by atoms with Gasteiger partial charge in [0.1, 0.15) is 0 Å². The molecule has 0 aromatic heterocycles. The summed E-state index contributed by atoms with van der Waals surface area (Å²) in [5.41, 5.74) is 5.56. The van der Waals surface area contributed by atoms with Gasteiger partial charge in [0.2, 0.25) is 0 Å². The van der Waals surface area contributed by atoms with Gasteiger partial charge < -0.3 is 0 Å². The number of benzene rings is 2. The van der Waals surface area contributed by atoms with Crippen molar-refractivity contribution < 1.29 is 0 Å². The second kappa shape index (κ2) is 3.13. The van der Waals surface area contributed by atoms with Crippen molar-refractivity contribution in [2.75, 3.05) is 0 Å². The Morgan fingerprint density at radius 1 is 0.786 bits per heavy atom. The molecule has 2 aromatic rings. The van der Waals surface area contributed by atoms with Crippen molar-refractivity contribution in [2.45, 2.75) is 27.7 Å². The predicted molar refractivity (Wildman–Crippen MR) is 62.9 cm³/mol. The van der Waals surface area contributed by atoms with E-state index in [9.17, 15) is 0 Å². The van der Waals surface area contributed by atoms with Crippen molar-refractivity contribution in [1.29, 1.82) is 0 Å². The molecule has 0 heterocycles. The highest BCUT2D eigenvalue weighted by atomic mass is 14.1. The van der Waals surface area contributed by atoms with E-state index in [2.05, 4.69) is 52.0 Å². The molecule has 0 atom stereocenters. The molecule has 0 radical (unpaired) electrons. The Morgan fingerprint density at radius 2 is 1.50 bits per heavy atom. The smallest absolute Gasteiger partial charge is 0.0149 e. The van der Waals surface area contributed by atoms with Gasteiger partial charge in [-0.25, -0.2) is 0 Å². The van der Waals surface area contributed by atoms with Crippen LogP contribution in [0.2, 0.25) is 0 Å². The minimum absolute atomic E-state index is 1.34. The van der Waals surface area contributed by atoms with Gasteiger partial charge in [-0.15, -0.1) is 0 Å². The van der Waals surface area contributed by atoms with Crippen molar-refractivity contribution in [3.63, 3.8) is 0 Å². The largest absolute Gasteiger partial charge is 0.0587 e. The van der Waals surface area contributed by atoms with E-state index in [-0.39, 0.29) is 0 Å². The predicted octanol–water partition coefficient (Wildman–Crippen LogP) is 4.07. The first-order valence-electron chi connectivity index (χ1n) is 5.07. The summed E-state index contributed by atoms with van der Waals surface area (Å²) < 4.78 is 0. The number of rotatable bonds is 0. The van der Waals surface area contributed by atoms with Crippen LogP contribution in [0.5, 0.6) is 0 Å². The highest BCUT2D eigenvalue weighted by molar-refractivity contribution is 5.88. The summed E-state index contributed by atoms with van der Waals surface area (Å²) in [5.74, 6) is 0. The molecular weight excluding hydrogens is 168 g/mol. The van der Waals surface area contributed by atoms with Crippen LogP contribution in [0.1, 0.15) is 22.3 Å². The minimum atomic E-state index is 1.34. The molecule has 0 fully saturated rings. The standard InChI is InChI=1S/C14H16/c1-9-5-6-13-8-10(2)11(3)12(4)14(13)7-9/h5-8H,1-4H3. The maximum Gasteiger partial charge on any atom is -0.0149 e. The fourth-order valence-electron chi connectivity index (χ4n) is 1.96. The van der Waals surface area contributed by atoms with Gasteiger partial charge in [-0.2, -0.15) is 0 Å². The van der Waals surface area contributed by atoms with E-state index in [1.54, 1.807) is 0 Å². The third-order valence-corrected chi connectivity index (χ3v) is 3.14. The van der Waals surface area contributed by atoms with Gasteiger partial charge in [-0.3, -0.25) is 0 Å². The molecule has 72 valence electrons. The highest BCUT2D eigenvalue weighted by Gasteiger charge is 2.03. The fourth-order valence-corrected chi connectivity index (χ4v) is 1.96. The van der Waals surface area contributed by atoms with Gasteiger partial charge in [-0.1, -0.05) is 29.8 Å². The van der Waals surface area contributed by atoms with Crippen LogP contribution in [0.15, 0.2) is 24.3 Å². The van der Waals surface area contributed by atoms with E-state index in [0.29, 0.717) is 0 Å². The molecule has 0 amide bonds. The molecule has 2 rings (SSSR count). The maximum atomic E-state index is 2.27. The molecule has 0 aliphatic carbocycles. The molecule has 0 nitrogen and oxygen atoms in total. The van der Waals surface area contributed by atoms with Crippen LogP contribution >= 0.6 is 0 Å². The van der Waals surface area contributed by atoms with Crippen LogP contribution < -0.4 is 0 Å². The first kappa shape index (κ1) is 9.26. The molecule has 0 heteroatoms. The van der Waals surface area contributed by atoms with Gasteiger partial charge in [-0.05, 0) is 55.2 Å². The molecule has 0 spiro atoms. The van der Waals surface area contributed by atoms with Crippen molar-refractivity contribution in [1.82, 2.24) is 0 Å². The van der Waals surface area contributed by atoms with Crippen molar-refractivity contribution in [3.8, 4) is 0 Å². The Balaban J connectivity index is 2.92. The van der Waals surface area contributed by atoms with Crippen molar-refractivity contribution >= 4 is 10.8 Å². The van der Waals surface area contributed by atoms with Crippen LogP contribution in [-0.4, -0.2) is 0 Å². The molecule has 0 unspecified atom stereocenters. The van der Waals surface area contributed by atoms with Crippen molar-refractivity contribution in [3.05, 3.63) is 46.5 Å². The van der Waals surface area contributed by atoms with Gasteiger partial charge in [0.15, 0.2) is 0 Å². The monoisotopic (exact) mass is 184 g/mol. The van der Waals surface area contributed by atoms with Crippen LogP contribution in [0.3, 0.4) is 0 Å². The molecular formula is C14H16. The molecule has 0 aliphatic rings. The van der Waals surface area contributed by atoms with E-state index < -0.39 is 0 Å². The highest BCUT2D eigenvalue weighted by Crippen LogP contribution is 2.25. The van der Waals surface area contributed by atoms with E-state index in [0.717, 1.165) is 0 Å². The Kier molecular flexibility index (Phi) is 2.07. The average molecular weight is 184 g/mol. The summed E-state index contributed by atoms with van der Waals surface area (Å²) in [4.78, 5) is 0. The Labute approximate surface area is 85.6 Å². The summed E-state index contributed by atoms with van der Waals surface area (Å²) >= 11 is 0. The number of fused-ring (bicyclic) bond motifs is 1. The zero-order valence-corrected chi connectivity index (χ0v) is 9.31. The fraction of sp³-hybridized carbons (Fsp3) is 0.286. The average Bonchev–Trinajstić information content (AvgIpc) is 2.16. The lowest BCUT2D eigenvalue weighted by atomic mass is 9.95. The van der Waals surface area contributed by atoms with E-state index >= 15 is 0 Å². The summed E-state index contributed by atoms with van der Waals surface area (Å²) in [6, 6.07) is 8.94. The minimum Gasteiger partial charge on any atom is -0.0587 e. The van der Waals surface area contributed by atoms with Gasteiger partial charge >= 0.3 is 0 Å². The zero-order chi connectivity index (χ0) is 10.3. The van der Waals surface area contributed by atoms with Crippen molar-refractivity contribution in [2.24, 2.45) is 0 Å². The normalized spacial score (nSPS) is 10.9. The summed E-state index contributed by atoms with van der Waals surface area (Å²) in [5, 5.41) is 2.75. The second-order valence-corrected chi connectivity index (χ2v) is 4.17. The van der Waals surface area contributed by atoms with E-state index in [1.165, 1.54) is 33.0 Å². The SMILES string of the molecule is Cc1ccc2cc(C)c(C)c(C)c2c1. The summed E-state index contributed by atoms with van der Waals surface area (Å²) in [7, 11) is 0. The van der Waals surface area contributed by atoms with Crippen LogP contribution in [0, 0.1) is 27.7 Å². The van der Waals surface area contributed by atoms with Gasteiger partial charge in [0, 0.05) is 0 Å². The topological polar surface area (TPSA) is 0 Å². The lowest BCUT2D eigenvalue weighted by Gasteiger charge is -2.09.